The molecule has 1 heterocycles. The summed E-state index contributed by atoms with van der Waals surface area (Å²) in [5.41, 5.74) is 1.68. The van der Waals surface area contributed by atoms with E-state index < -0.39 is 16.9 Å². The van der Waals surface area contributed by atoms with Crippen LogP contribution in [0.5, 0.6) is 5.75 Å². The Kier molecular flexibility index (Phi) is 4.53. The number of carbonyl (C=O) groups is 1. The van der Waals surface area contributed by atoms with Crippen molar-refractivity contribution in [2.75, 3.05) is 7.11 Å². The van der Waals surface area contributed by atoms with Gasteiger partial charge in [-0.1, -0.05) is 11.8 Å². The van der Waals surface area contributed by atoms with Gasteiger partial charge in [0, 0.05) is 11.6 Å². The van der Waals surface area contributed by atoms with Gasteiger partial charge in [0.05, 0.1) is 23.4 Å². The largest absolute Gasteiger partial charge is 0.497 e. The van der Waals surface area contributed by atoms with Gasteiger partial charge in [0.2, 0.25) is 0 Å². The first-order valence-electron chi connectivity index (χ1n) is 7.17. The van der Waals surface area contributed by atoms with E-state index in [1.54, 1.807) is 20.1 Å². The van der Waals surface area contributed by atoms with Gasteiger partial charge in [-0.05, 0) is 37.3 Å². The van der Waals surface area contributed by atoms with E-state index in [-0.39, 0.29) is 11.3 Å². The van der Waals surface area contributed by atoms with Crippen LogP contribution in [0.4, 0.5) is 8.78 Å². The fraction of sp³-hybridized carbons (Fsp3) is 0.176. The minimum atomic E-state index is -1.03. The Hall–Kier alpha value is -2.41. The lowest BCUT2D eigenvalue weighted by Crippen LogP contribution is -2.14. The van der Waals surface area contributed by atoms with Crippen molar-refractivity contribution in [1.82, 2.24) is 9.97 Å². The zero-order valence-corrected chi connectivity index (χ0v) is 13.8. The number of hydrogen-bond acceptors (Lipinski definition) is 4. The van der Waals surface area contributed by atoms with Gasteiger partial charge in [-0.25, -0.2) is 13.8 Å². The number of rotatable bonds is 5. The molecule has 124 valence electrons. The van der Waals surface area contributed by atoms with E-state index in [0.29, 0.717) is 10.9 Å². The first-order chi connectivity index (χ1) is 11.5. The third-order valence-electron chi connectivity index (χ3n) is 3.53. The second kappa shape index (κ2) is 6.60. The number of imidazole rings is 1. The van der Waals surface area contributed by atoms with Crippen LogP contribution >= 0.6 is 11.8 Å². The molecule has 0 spiro atoms. The summed E-state index contributed by atoms with van der Waals surface area (Å²) in [6.07, 6.45) is 0. The number of methoxy groups -OCH3 is 1. The Labute approximate surface area is 141 Å². The molecule has 7 heteroatoms. The molecule has 1 atom stereocenters. The van der Waals surface area contributed by atoms with Crippen LogP contribution in [0.1, 0.15) is 17.3 Å². The lowest BCUT2D eigenvalue weighted by Gasteiger charge is -2.08. The van der Waals surface area contributed by atoms with Gasteiger partial charge < -0.3 is 9.72 Å². The fourth-order valence-corrected chi connectivity index (χ4v) is 3.15. The highest BCUT2D eigenvalue weighted by atomic mass is 32.2. The smallest absolute Gasteiger partial charge is 0.176 e. The van der Waals surface area contributed by atoms with Crippen molar-refractivity contribution in [3.63, 3.8) is 0 Å². The van der Waals surface area contributed by atoms with E-state index in [2.05, 4.69) is 9.97 Å². The SMILES string of the molecule is COc1ccc2nc(S[C@@H](C)C(=O)c3ccc(F)c(F)c3)[nH]c2c1. The van der Waals surface area contributed by atoms with Crippen molar-refractivity contribution in [3.8, 4) is 5.75 Å². The molecule has 0 amide bonds. The first-order valence-corrected chi connectivity index (χ1v) is 8.05. The molecule has 0 radical (unpaired) electrons. The average molecular weight is 348 g/mol. The van der Waals surface area contributed by atoms with Crippen LogP contribution in [0, 0.1) is 11.6 Å². The molecule has 3 rings (SSSR count). The number of halogens is 2. The van der Waals surface area contributed by atoms with Crippen LogP contribution in [0.15, 0.2) is 41.6 Å². The second-order valence-electron chi connectivity index (χ2n) is 5.18. The number of nitrogens with one attached hydrogen (secondary N) is 1. The number of carbonyl (C=O) groups excluding carboxylic acids is 1. The first kappa shape index (κ1) is 16.4. The van der Waals surface area contributed by atoms with Crippen LogP contribution in [0.25, 0.3) is 11.0 Å². The number of benzene rings is 2. The molecule has 2 aromatic carbocycles. The molecule has 0 saturated heterocycles. The van der Waals surface area contributed by atoms with Crippen LogP contribution in [0.3, 0.4) is 0 Å². The van der Waals surface area contributed by atoms with E-state index in [1.807, 2.05) is 12.1 Å². The molecule has 1 aromatic heterocycles. The summed E-state index contributed by atoms with van der Waals surface area (Å²) in [5, 5.41) is 0.0685. The Balaban J connectivity index is 1.79. The molecular formula is C17H14F2N2O2S. The average Bonchev–Trinajstić information content (AvgIpc) is 2.97. The topological polar surface area (TPSA) is 55.0 Å². The van der Waals surface area contributed by atoms with E-state index in [4.69, 9.17) is 4.74 Å². The van der Waals surface area contributed by atoms with E-state index in [9.17, 15) is 13.6 Å². The van der Waals surface area contributed by atoms with Crippen LogP contribution in [-0.2, 0) is 0 Å². The summed E-state index contributed by atoms with van der Waals surface area (Å²) in [4.78, 5) is 19.9. The number of nitrogens with zero attached hydrogens (tertiary/aromatic N) is 1. The van der Waals surface area contributed by atoms with Gasteiger partial charge in [-0.15, -0.1) is 0 Å². The minimum absolute atomic E-state index is 0.131. The Morgan fingerprint density at radius 3 is 2.71 bits per heavy atom. The number of Topliss-reactive ketones (excluding diaryl/α,β-unsaturated/α-hetero) is 1. The number of fused-ring (bicyclic) bond motifs is 1. The number of aromatic amines is 1. The molecule has 0 fully saturated rings. The van der Waals surface area contributed by atoms with Crippen molar-refractivity contribution in [3.05, 3.63) is 53.6 Å². The minimum Gasteiger partial charge on any atom is -0.497 e. The summed E-state index contributed by atoms with van der Waals surface area (Å²) in [5.74, 6) is -1.60. The van der Waals surface area contributed by atoms with Gasteiger partial charge in [0.25, 0.3) is 0 Å². The second-order valence-corrected chi connectivity index (χ2v) is 6.51. The van der Waals surface area contributed by atoms with Gasteiger partial charge in [-0.2, -0.15) is 0 Å². The summed E-state index contributed by atoms with van der Waals surface area (Å²) in [6, 6.07) is 8.57. The number of ether oxygens (including phenoxy) is 1. The van der Waals surface area contributed by atoms with E-state index in [1.165, 1.54) is 17.8 Å². The molecule has 0 aliphatic carbocycles. The zero-order valence-electron chi connectivity index (χ0n) is 13.0. The van der Waals surface area contributed by atoms with Gasteiger partial charge in [0.1, 0.15) is 5.75 Å². The van der Waals surface area contributed by atoms with Crippen molar-refractivity contribution >= 4 is 28.6 Å². The van der Waals surface area contributed by atoms with Gasteiger partial charge >= 0.3 is 0 Å². The van der Waals surface area contributed by atoms with Crippen molar-refractivity contribution in [2.24, 2.45) is 0 Å². The van der Waals surface area contributed by atoms with E-state index in [0.717, 1.165) is 23.2 Å². The van der Waals surface area contributed by atoms with Gasteiger partial charge in [0.15, 0.2) is 22.6 Å². The fourth-order valence-electron chi connectivity index (χ4n) is 2.25. The highest BCUT2D eigenvalue weighted by Crippen LogP contribution is 2.27. The summed E-state index contributed by atoms with van der Waals surface area (Å²) in [6.45, 7) is 1.70. The maximum atomic E-state index is 13.3. The third-order valence-corrected chi connectivity index (χ3v) is 4.51. The molecule has 24 heavy (non-hydrogen) atoms. The van der Waals surface area contributed by atoms with Crippen LogP contribution in [-0.4, -0.2) is 28.1 Å². The van der Waals surface area contributed by atoms with Crippen LogP contribution in [0.2, 0.25) is 0 Å². The molecule has 1 N–H and O–H groups in total. The third kappa shape index (κ3) is 3.26. The molecule has 0 unspecified atom stereocenters. The zero-order chi connectivity index (χ0) is 17.3. The number of hydrogen-bond donors (Lipinski definition) is 1. The molecule has 0 saturated carbocycles. The summed E-state index contributed by atoms with van der Waals surface area (Å²) < 4.78 is 31.4. The summed E-state index contributed by atoms with van der Waals surface area (Å²) in [7, 11) is 1.58. The van der Waals surface area contributed by atoms with Crippen molar-refractivity contribution in [1.29, 1.82) is 0 Å². The number of ketones is 1. The van der Waals surface area contributed by atoms with E-state index >= 15 is 0 Å². The molecule has 4 nitrogen and oxygen atoms in total. The molecular weight excluding hydrogens is 334 g/mol. The lowest BCUT2D eigenvalue weighted by atomic mass is 10.1. The Morgan fingerprint density at radius 2 is 2.00 bits per heavy atom. The molecule has 0 aliphatic rings. The predicted octanol–water partition coefficient (Wildman–Crippen LogP) is 4.21. The normalized spacial score (nSPS) is 12.3. The van der Waals surface area contributed by atoms with Crippen molar-refractivity contribution in [2.45, 2.75) is 17.3 Å². The maximum Gasteiger partial charge on any atom is 0.176 e. The monoisotopic (exact) mass is 348 g/mol. The lowest BCUT2D eigenvalue weighted by molar-refractivity contribution is 0.0993. The molecule has 0 aliphatic heterocycles. The number of aromatic nitrogens is 2. The summed E-state index contributed by atoms with van der Waals surface area (Å²) >= 11 is 1.22. The predicted molar refractivity (Wildman–Crippen MR) is 88.7 cm³/mol. The van der Waals surface area contributed by atoms with Crippen molar-refractivity contribution < 1.29 is 18.3 Å². The highest BCUT2D eigenvalue weighted by molar-refractivity contribution is 8.00. The molecule has 3 aromatic rings. The quantitative estimate of drug-likeness (QED) is 0.554. The Morgan fingerprint density at radius 1 is 1.21 bits per heavy atom. The standard InChI is InChI=1S/C17H14F2N2O2S/c1-9(16(22)10-3-5-12(18)13(19)7-10)24-17-20-14-6-4-11(23-2)8-15(14)21-17/h3-9H,1-2H3,(H,20,21)/t9-/m0/s1. The highest BCUT2D eigenvalue weighted by Gasteiger charge is 2.19. The maximum absolute atomic E-state index is 13.3. The Bertz CT molecular complexity index is 911. The number of thioether (sulfide) groups is 1. The van der Waals surface area contributed by atoms with Gasteiger partial charge in [-0.3, -0.25) is 4.79 Å². The van der Waals surface area contributed by atoms with Crippen LogP contribution < -0.4 is 4.74 Å². The number of H-pyrrole nitrogens is 1. The molecule has 0 bridgehead atoms.